The van der Waals surface area contributed by atoms with Crippen LogP contribution in [-0.4, -0.2) is 52.1 Å². The van der Waals surface area contributed by atoms with Gasteiger partial charge < -0.3 is 9.67 Å². The Labute approximate surface area is 262 Å². The number of hydrogen-bond donors (Lipinski definition) is 1. The van der Waals surface area contributed by atoms with Crippen molar-refractivity contribution in [3.05, 3.63) is 91.9 Å². The number of carboxylic acids is 1. The molecular weight excluding hydrogens is 581 g/mol. The third-order valence-corrected chi connectivity index (χ3v) is 8.79. The monoisotopic (exact) mass is 624 g/mol. The molecule has 0 radical (unpaired) electrons. The molecule has 1 aliphatic rings. The maximum Gasteiger partial charge on any atom is 0.303 e. The van der Waals surface area contributed by atoms with Crippen molar-refractivity contribution in [1.29, 1.82) is 0 Å². The quantitative estimate of drug-likeness (QED) is 0.221. The average molecular weight is 625 g/mol. The zero-order chi connectivity index (χ0) is 33.2. The number of Topliss-reactive ketones (excluding diaryl/α,β-unsaturated/α-hetero) is 1. The summed E-state index contributed by atoms with van der Waals surface area (Å²) in [4.78, 5) is 41.4. The molecule has 1 fully saturated rings. The molecule has 0 bridgehead atoms. The van der Waals surface area contributed by atoms with Crippen molar-refractivity contribution in [3.8, 4) is 11.1 Å². The van der Waals surface area contributed by atoms with Crippen molar-refractivity contribution in [2.45, 2.75) is 85.4 Å². The lowest BCUT2D eigenvalue weighted by Crippen LogP contribution is -2.49. The molecule has 242 valence electrons. The molecule has 1 aromatic heterocycles. The number of aromatic nitrogens is 1. The van der Waals surface area contributed by atoms with E-state index in [9.17, 15) is 28.3 Å². The minimum absolute atomic E-state index is 0.0304. The Hall–Kier alpha value is -3.72. The molecule has 0 spiro atoms. The zero-order valence-electron chi connectivity index (χ0n) is 26.9. The van der Waals surface area contributed by atoms with Crippen LogP contribution in [0.1, 0.15) is 78.5 Å². The summed E-state index contributed by atoms with van der Waals surface area (Å²) in [6.45, 7) is 12.2. The van der Waals surface area contributed by atoms with Gasteiger partial charge in [-0.3, -0.25) is 19.3 Å². The normalized spacial score (nSPS) is 15.2. The first-order valence-corrected chi connectivity index (χ1v) is 15.5. The predicted molar refractivity (Wildman–Crippen MR) is 170 cm³/mol. The molecule has 3 aromatic rings. The topological polar surface area (TPSA) is 79.6 Å². The number of ketones is 1. The molecule has 1 saturated heterocycles. The largest absolute Gasteiger partial charge is 0.481 e. The summed E-state index contributed by atoms with van der Waals surface area (Å²) in [5.74, 6) is -3.48. The van der Waals surface area contributed by atoms with Gasteiger partial charge in [-0.1, -0.05) is 13.8 Å². The van der Waals surface area contributed by atoms with Gasteiger partial charge in [0, 0.05) is 44.2 Å². The molecule has 2 aromatic carbocycles. The molecule has 9 heteroatoms. The highest BCUT2D eigenvalue weighted by Gasteiger charge is 2.30. The van der Waals surface area contributed by atoms with Crippen LogP contribution in [0, 0.1) is 45.2 Å². The molecular formula is C36H43F3N2O4. The number of carbonyl (C=O) groups excluding carboxylic acids is 1. The first kappa shape index (κ1) is 34.2. The van der Waals surface area contributed by atoms with Crippen LogP contribution >= 0.6 is 0 Å². The van der Waals surface area contributed by atoms with Crippen LogP contribution < -0.4 is 5.56 Å². The number of benzene rings is 2. The number of likely N-dealkylation sites (tertiary alicyclic amines) is 1. The minimum atomic E-state index is -1.18. The van der Waals surface area contributed by atoms with E-state index in [1.165, 1.54) is 22.8 Å². The van der Waals surface area contributed by atoms with Crippen LogP contribution in [0.15, 0.2) is 41.3 Å². The molecule has 1 N–H and O–H groups in total. The van der Waals surface area contributed by atoms with E-state index in [0.29, 0.717) is 49.2 Å². The highest BCUT2D eigenvalue weighted by atomic mass is 19.1. The highest BCUT2D eigenvalue weighted by molar-refractivity contribution is 5.84. The Balaban J connectivity index is 1.71. The van der Waals surface area contributed by atoms with Crippen molar-refractivity contribution in [2.75, 3.05) is 19.6 Å². The van der Waals surface area contributed by atoms with E-state index in [4.69, 9.17) is 0 Å². The van der Waals surface area contributed by atoms with Gasteiger partial charge in [0.1, 0.15) is 17.8 Å². The van der Waals surface area contributed by atoms with Crippen molar-refractivity contribution in [2.24, 2.45) is 5.92 Å². The standard InChI is InChI=1S/C36H43F3N2O4/c1-20(2)9-31(41-17-25(21(3)13-33(41)43)7-8-40-18-29(38)19-40)32(42)15-26(16-34(44)45)30-14-27(10-24(6)36(30)39)35-22(4)11-28(37)12-23(35)5/h10-14,17,20,26,29,31H,7-9,15-16,18-19H2,1-6H3,(H,44,45)/t26-,31?/m0/s1. The van der Waals surface area contributed by atoms with E-state index in [1.807, 2.05) is 25.7 Å². The molecule has 45 heavy (non-hydrogen) atoms. The van der Waals surface area contributed by atoms with Crippen LogP contribution in [0.2, 0.25) is 0 Å². The molecule has 1 unspecified atom stereocenters. The van der Waals surface area contributed by atoms with Gasteiger partial charge in [-0.25, -0.2) is 13.2 Å². The van der Waals surface area contributed by atoms with Crippen molar-refractivity contribution >= 4 is 11.8 Å². The summed E-state index contributed by atoms with van der Waals surface area (Å²) < 4.78 is 44.6. The molecule has 6 nitrogen and oxygen atoms in total. The van der Waals surface area contributed by atoms with Crippen LogP contribution in [0.5, 0.6) is 0 Å². The predicted octanol–water partition coefficient (Wildman–Crippen LogP) is 7.03. The van der Waals surface area contributed by atoms with Gasteiger partial charge in [-0.15, -0.1) is 0 Å². The maximum absolute atomic E-state index is 15.8. The Morgan fingerprint density at radius 1 is 0.933 bits per heavy atom. The number of hydrogen-bond acceptors (Lipinski definition) is 4. The SMILES string of the molecule is Cc1cc(=O)n(C(CC(C)C)C(=O)C[C@@H](CC(=O)O)c2cc(-c3c(C)cc(F)cc3C)cc(C)c2F)cc1CCN1CC(F)C1. The molecule has 2 atom stereocenters. The first-order chi connectivity index (χ1) is 21.1. The molecule has 0 aliphatic carbocycles. The Morgan fingerprint density at radius 2 is 1.58 bits per heavy atom. The summed E-state index contributed by atoms with van der Waals surface area (Å²) in [6, 6.07) is 6.63. The zero-order valence-corrected chi connectivity index (χ0v) is 26.9. The lowest BCUT2D eigenvalue weighted by molar-refractivity contribution is -0.137. The number of carbonyl (C=O) groups is 2. The van der Waals surface area contributed by atoms with Gasteiger partial charge in [0.2, 0.25) is 0 Å². The van der Waals surface area contributed by atoms with E-state index in [-0.39, 0.29) is 40.6 Å². The number of carboxylic acid groups (broad SMARTS) is 1. The third-order valence-electron chi connectivity index (χ3n) is 8.79. The number of alkyl halides is 1. The van der Waals surface area contributed by atoms with Gasteiger partial charge in [-0.2, -0.15) is 0 Å². The first-order valence-electron chi connectivity index (χ1n) is 15.5. The van der Waals surface area contributed by atoms with E-state index >= 15 is 4.39 Å². The van der Waals surface area contributed by atoms with Gasteiger partial charge in [0.25, 0.3) is 5.56 Å². The summed E-state index contributed by atoms with van der Waals surface area (Å²) in [7, 11) is 0. The molecule has 1 aliphatic heterocycles. The number of rotatable bonds is 13. The van der Waals surface area contributed by atoms with Gasteiger partial charge in [-0.05, 0) is 115 Å². The van der Waals surface area contributed by atoms with Crippen molar-refractivity contribution < 1.29 is 27.9 Å². The van der Waals surface area contributed by atoms with E-state index in [0.717, 1.165) is 16.7 Å². The summed E-state index contributed by atoms with van der Waals surface area (Å²) in [5, 5.41) is 9.82. The van der Waals surface area contributed by atoms with Gasteiger partial charge in [0.15, 0.2) is 5.78 Å². The molecule has 4 rings (SSSR count). The van der Waals surface area contributed by atoms with E-state index in [2.05, 4.69) is 0 Å². The minimum Gasteiger partial charge on any atom is -0.481 e. The summed E-state index contributed by atoms with van der Waals surface area (Å²) in [6.07, 6.45) is 1.04. The number of aliphatic carboxylic acids is 1. The van der Waals surface area contributed by atoms with Gasteiger partial charge >= 0.3 is 5.97 Å². The maximum atomic E-state index is 15.8. The fourth-order valence-electron chi connectivity index (χ4n) is 6.49. The summed E-state index contributed by atoms with van der Waals surface area (Å²) >= 11 is 0. The van der Waals surface area contributed by atoms with Crippen molar-refractivity contribution in [1.82, 2.24) is 9.47 Å². The molecule has 0 amide bonds. The number of nitrogens with zero attached hydrogens (tertiary/aromatic N) is 2. The van der Waals surface area contributed by atoms with Crippen molar-refractivity contribution in [3.63, 3.8) is 0 Å². The Morgan fingerprint density at radius 3 is 2.16 bits per heavy atom. The Kier molecular flexibility index (Phi) is 10.7. The smallest absolute Gasteiger partial charge is 0.303 e. The second-order valence-corrected chi connectivity index (χ2v) is 13.1. The second kappa shape index (κ2) is 14.1. The van der Waals surface area contributed by atoms with E-state index in [1.54, 1.807) is 39.1 Å². The van der Waals surface area contributed by atoms with Crippen LogP contribution in [0.3, 0.4) is 0 Å². The second-order valence-electron chi connectivity index (χ2n) is 13.1. The van der Waals surface area contributed by atoms with Crippen LogP contribution in [0.25, 0.3) is 11.1 Å². The molecule has 0 saturated carbocycles. The molecule has 2 heterocycles. The van der Waals surface area contributed by atoms with Crippen LogP contribution in [0.4, 0.5) is 13.2 Å². The fraction of sp³-hybridized carbons (Fsp3) is 0.472. The Bertz CT molecular complexity index is 1620. The van der Waals surface area contributed by atoms with E-state index < -0.39 is 36.3 Å². The number of aryl methyl sites for hydroxylation is 4. The summed E-state index contributed by atoms with van der Waals surface area (Å²) in [5.41, 5.74) is 4.34. The van der Waals surface area contributed by atoms with Gasteiger partial charge in [0.05, 0.1) is 12.5 Å². The average Bonchev–Trinajstić information content (AvgIpc) is 2.90. The fourth-order valence-corrected chi connectivity index (χ4v) is 6.49. The number of pyridine rings is 1. The van der Waals surface area contributed by atoms with Crippen LogP contribution in [-0.2, 0) is 16.0 Å². The number of halogens is 3. The highest BCUT2D eigenvalue weighted by Crippen LogP contribution is 2.36. The lowest BCUT2D eigenvalue weighted by atomic mass is 9.84. The third kappa shape index (κ3) is 8.12. The lowest BCUT2D eigenvalue weighted by Gasteiger charge is -2.34.